The van der Waals surface area contributed by atoms with Gasteiger partial charge in [0.2, 0.25) is 0 Å². The van der Waals surface area contributed by atoms with E-state index in [4.69, 9.17) is 0 Å². The first kappa shape index (κ1) is 15.5. The maximum absolute atomic E-state index is 9.42. The molecule has 4 unspecified atom stereocenters. The summed E-state index contributed by atoms with van der Waals surface area (Å²) in [6.45, 7) is 14.0. The van der Waals surface area contributed by atoms with Crippen molar-refractivity contribution in [2.24, 2.45) is 11.8 Å². The molecule has 4 atom stereocenters. The predicted octanol–water partition coefficient (Wildman–Crippen LogP) is 2.63. The van der Waals surface area contributed by atoms with Crippen LogP contribution in [0.15, 0.2) is 0 Å². The van der Waals surface area contributed by atoms with Crippen molar-refractivity contribution in [2.75, 3.05) is 19.6 Å². The molecule has 1 aliphatic heterocycles. The van der Waals surface area contributed by atoms with Crippen LogP contribution in [0, 0.1) is 23.2 Å². The fourth-order valence-electron chi connectivity index (χ4n) is 2.98. The molecule has 0 spiro atoms. The molecular weight excluding hydrogens is 222 g/mol. The molecule has 0 aromatic rings. The van der Waals surface area contributed by atoms with E-state index in [0.717, 1.165) is 37.9 Å². The molecule has 104 valence electrons. The summed E-state index contributed by atoms with van der Waals surface area (Å²) < 4.78 is 0. The number of nitrogens with one attached hydrogen (secondary N) is 1. The minimum absolute atomic E-state index is 0.416. The minimum Gasteiger partial charge on any atom is -0.299 e. The monoisotopic (exact) mass is 251 g/mol. The summed E-state index contributed by atoms with van der Waals surface area (Å²) in [4.78, 5) is 2.49. The number of rotatable bonds is 5. The Morgan fingerprint density at radius 1 is 1.39 bits per heavy atom. The van der Waals surface area contributed by atoms with Gasteiger partial charge in [-0.2, -0.15) is 5.26 Å². The van der Waals surface area contributed by atoms with Crippen LogP contribution in [0.25, 0.3) is 0 Å². The van der Waals surface area contributed by atoms with E-state index >= 15 is 0 Å². The van der Waals surface area contributed by atoms with Crippen molar-refractivity contribution in [3.8, 4) is 6.07 Å². The standard InChI is InChI=1S/C15H29N3/c1-6-7-17-15(5,10-16)11-18-9-12(2)8-13(3)14(18)4/h12-14,17H,6-9,11H2,1-5H3. The number of piperidine rings is 1. The van der Waals surface area contributed by atoms with Gasteiger partial charge < -0.3 is 0 Å². The second-order valence-corrected chi connectivity index (χ2v) is 6.36. The van der Waals surface area contributed by atoms with E-state index in [2.05, 4.69) is 44.0 Å². The average Bonchev–Trinajstić information content (AvgIpc) is 2.33. The van der Waals surface area contributed by atoms with Gasteiger partial charge in [0.05, 0.1) is 6.07 Å². The van der Waals surface area contributed by atoms with Crippen LogP contribution in [0.1, 0.15) is 47.5 Å². The Morgan fingerprint density at radius 3 is 2.61 bits per heavy atom. The molecule has 0 radical (unpaired) electrons. The average molecular weight is 251 g/mol. The first-order valence-electron chi connectivity index (χ1n) is 7.32. The first-order valence-corrected chi connectivity index (χ1v) is 7.32. The largest absolute Gasteiger partial charge is 0.299 e. The van der Waals surface area contributed by atoms with Crippen LogP contribution in [-0.4, -0.2) is 36.1 Å². The number of likely N-dealkylation sites (tertiary alicyclic amines) is 1. The normalized spacial score (nSPS) is 32.8. The fourth-order valence-corrected chi connectivity index (χ4v) is 2.98. The zero-order valence-electron chi connectivity index (χ0n) is 12.7. The molecule has 1 heterocycles. The molecule has 1 saturated heterocycles. The van der Waals surface area contributed by atoms with Gasteiger partial charge in [0.25, 0.3) is 0 Å². The van der Waals surface area contributed by atoms with Crippen molar-refractivity contribution < 1.29 is 0 Å². The van der Waals surface area contributed by atoms with Crippen molar-refractivity contribution >= 4 is 0 Å². The van der Waals surface area contributed by atoms with Crippen molar-refractivity contribution in [3.63, 3.8) is 0 Å². The molecule has 1 aliphatic rings. The van der Waals surface area contributed by atoms with Gasteiger partial charge in [-0.3, -0.25) is 10.2 Å². The van der Waals surface area contributed by atoms with Crippen molar-refractivity contribution in [1.82, 2.24) is 10.2 Å². The molecule has 0 aliphatic carbocycles. The van der Waals surface area contributed by atoms with Crippen molar-refractivity contribution in [1.29, 1.82) is 5.26 Å². The smallest absolute Gasteiger partial charge is 0.116 e. The molecule has 1 N–H and O–H groups in total. The highest BCUT2D eigenvalue weighted by Gasteiger charge is 2.34. The summed E-state index contributed by atoms with van der Waals surface area (Å²) in [5, 5.41) is 12.8. The number of hydrogen-bond donors (Lipinski definition) is 1. The van der Waals surface area contributed by atoms with Gasteiger partial charge in [-0.05, 0) is 45.1 Å². The van der Waals surface area contributed by atoms with Gasteiger partial charge in [-0.15, -0.1) is 0 Å². The van der Waals surface area contributed by atoms with Gasteiger partial charge in [-0.25, -0.2) is 0 Å². The first-order chi connectivity index (χ1) is 8.41. The summed E-state index contributed by atoms with van der Waals surface area (Å²) in [5.41, 5.74) is -0.416. The lowest BCUT2D eigenvalue weighted by molar-refractivity contribution is 0.0631. The lowest BCUT2D eigenvalue weighted by atomic mass is 9.85. The number of hydrogen-bond acceptors (Lipinski definition) is 3. The van der Waals surface area contributed by atoms with Crippen LogP contribution in [0.3, 0.4) is 0 Å². The van der Waals surface area contributed by atoms with E-state index in [1.54, 1.807) is 0 Å². The summed E-state index contributed by atoms with van der Waals surface area (Å²) >= 11 is 0. The van der Waals surface area contributed by atoms with Crippen LogP contribution >= 0.6 is 0 Å². The lowest BCUT2D eigenvalue weighted by Crippen LogP contribution is -2.56. The van der Waals surface area contributed by atoms with E-state index in [0.29, 0.717) is 6.04 Å². The number of nitriles is 1. The van der Waals surface area contributed by atoms with Crippen LogP contribution in [0.2, 0.25) is 0 Å². The SMILES string of the molecule is CCCNC(C)(C#N)CN1CC(C)CC(C)C1C. The van der Waals surface area contributed by atoms with Crippen molar-refractivity contribution in [2.45, 2.75) is 59.0 Å². The summed E-state index contributed by atoms with van der Waals surface area (Å²) in [6, 6.07) is 3.04. The molecule has 0 saturated carbocycles. The van der Waals surface area contributed by atoms with Gasteiger partial charge in [0.15, 0.2) is 0 Å². The third-order valence-corrected chi connectivity index (χ3v) is 4.25. The molecule has 0 aromatic heterocycles. The molecular formula is C15H29N3. The van der Waals surface area contributed by atoms with E-state index in [1.807, 2.05) is 6.92 Å². The second kappa shape index (κ2) is 6.54. The Balaban J connectivity index is 2.65. The van der Waals surface area contributed by atoms with Crippen LogP contribution in [-0.2, 0) is 0 Å². The van der Waals surface area contributed by atoms with Crippen LogP contribution < -0.4 is 5.32 Å². The zero-order chi connectivity index (χ0) is 13.8. The highest BCUT2D eigenvalue weighted by molar-refractivity contribution is 5.06. The second-order valence-electron chi connectivity index (χ2n) is 6.36. The van der Waals surface area contributed by atoms with Crippen LogP contribution in [0.4, 0.5) is 0 Å². The molecule has 0 bridgehead atoms. The summed E-state index contributed by atoms with van der Waals surface area (Å²) in [5.74, 6) is 1.47. The highest BCUT2D eigenvalue weighted by atomic mass is 15.2. The summed E-state index contributed by atoms with van der Waals surface area (Å²) in [7, 11) is 0. The Bertz CT molecular complexity index is 297. The third kappa shape index (κ3) is 3.96. The Kier molecular flexibility index (Phi) is 5.62. The minimum atomic E-state index is -0.416. The fraction of sp³-hybridized carbons (Fsp3) is 0.933. The highest BCUT2D eigenvalue weighted by Crippen LogP contribution is 2.27. The third-order valence-electron chi connectivity index (χ3n) is 4.25. The van der Waals surface area contributed by atoms with E-state index < -0.39 is 5.54 Å². The Labute approximate surface area is 113 Å². The number of nitrogens with zero attached hydrogens (tertiary/aromatic N) is 2. The Hall–Kier alpha value is -0.590. The zero-order valence-corrected chi connectivity index (χ0v) is 12.7. The van der Waals surface area contributed by atoms with E-state index in [-0.39, 0.29) is 0 Å². The lowest BCUT2D eigenvalue weighted by Gasteiger charge is -2.43. The molecule has 1 fully saturated rings. The maximum Gasteiger partial charge on any atom is 0.116 e. The van der Waals surface area contributed by atoms with Crippen LogP contribution in [0.5, 0.6) is 0 Å². The predicted molar refractivity (Wildman–Crippen MR) is 76.3 cm³/mol. The van der Waals surface area contributed by atoms with E-state index in [9.17, 15) is 5.26 Å². The van der Waals surface area contributed by atoms with Gasteiger partial charge in [0.1, 0.15) is 5.54 Å². The maximum atomic E-state index is 9.42. The molecule has 0 amide bonds. The topological polar surface area (TPSA) is 39.1 Å². The Morgan fingerprint density at radius 2 is 2.06 bits per heavy atom. The molecule has 0 aromatic carbocycles. The molecule has 3 heteroatoms. The summed E-state index contributed by atoms with van der Waals surface area (Å²) in [6.07, 6.45) is 2.38. The molecule has 1 rings (SSSR count). The quantitative estimate of drug-likeness (QED) is 0.816. The molecule has 3 nitrogen and oxygen atoms in total. The van der Waals surface area contributed by atoms with Gasteiger partial charge in [0, 0.05) is 19.1 Å². The van der Waals surface area contributed by atoms with E-state index in [1.165, 1.54) is 6.42 Å². The molecule has 18 heavy (non-hydrogen) atoms. The van der Waals surface area contributed by atoms with Gasteiger partial charge >= 0.3 is 0 Å². The van der Waals surface area contributed by atoms with Crippen molar-refractivity contribution in [3.05, 3.63) is 0 Å². The van der Waals surface area contributed by atoms with Gasteiger partial charge in [-0.1, -0.05) is 20.8 Å².